The Hall–Kier alpha value is -2.51. The molecule has 3 rings (SSSR count). The van der Waals surface area contributed by atoms with Gasteiger partial charge in [0.15, 0.2) is 5.57 Å². The lowest BCUT2D eigenvalue weighted by atomic mass is 10.3. The third-order valence-corrected chi connectivity index (χ3v) is 6.41. The van der Waals surface area contributed by atoms with E-state index >= 15 is 0 Å². The number of allylic oxidation sites excluding steroid dienone is 1. The minimum absolute atomic E-state index is 0.0455. The van der Waals surface area contributed by atoms with Gasteiger partial charge in [-0.25, -0.2) is 0 Å². The number of nitrogens with one attached hydrogen (secondary N) is 2. The van der Waals surface area contributed by atoms with E-state index in [1.54, 1.807) is 12.2 Å². The Morgan fingerprint density at radius 2 is 2.24 bits per heavy atom. The van der Waals surface area contributed by atoms with E-state index in [-0.39, 0.29) is 17.7 Å². The Morgan fingerprint density at radius 1 is 1.45 bits per heavy atom. The number of morpholine rings is 1. The Morgan fingerprint density at radius 3 is 2.90 bits per heavy atom. The first-order chi connectivity index (χ1) is 14.1. The fourth-order valence-electron chi connectivity index (χ4n) is 3.06. The number of thiazole rings is 1. The lowest BCUT2D eigenvalue weighted by molar-refractivity contribution is -0.906. The van der Waals surface area contributed by atoms with Gasteiger partial charge in [-0.3, -0.25) is 14.2 Å². The summed E-state index contributed by atoms with van der Waals surface area (Å²) < 4.78 is 7.60. The lowest BCUT2D eigenvalue weighted by Crippen LogP contribution is -3.14. The van der Waals surface area contributed by atoms with E-state index in [0.29, 0.717) is 15.7 Å². The second-order valence-corrected chi connectivity index (χ2v) is 8.34. The number of hydrogen-bond donors (Lipinski definition) is 2. The summed E-state index contributed by atoms with van der Waals surface area (Å²) >= 11 is 2.70. The molecule has 0 saturated carbocycles. The van der Waals surface area contributed by atoms with Crippen molar-refractivity contribution in [1.82, 2.24) is 9.88 Å². The molecule has 0 unspecified atom stereocenters. The minimum Gasteiger partial charge on any atom is -0.370 e. The Balaban J connectivity index is 1.89. The molecule has 152 valence electrons. The molecule has 0 aliphatic carbocycles. The number of amides is 1. The smallest absolute Gasteiger partial charge is 0.269 e. The van der Waals surface area contributed by atoms with Crippen molar-refractivity contribution in [2.45, 2.75) is 6.54 Å². The summed E-state index contributed by atoms with van der Waals surface area (Å²) in [6.45, 7) is 8.44. The highest BCUT2D eigenvalue weighted by atomic mass is 32.1. The number of thiophene rings is 1. The zero-order valence-electron chi connectivity index (χ0n) is 16.0. The SMILES string of the molecule is C=CCn1c(=O)c(=Cc2ccsc2)s/c1=C(\C#N)C(=O)NCC[NH+]1CCOCC1. The highest BCUT2D eigenvalue weighted by Crippen LogP contribution is 2.06. The monoisotopic (exact) mass is 431 g/mol. The maximum absolute atomic E-state index is 12.8. The van der Waals surface area contributed by atoms with Crippen LogP contribution < -0.4 is 25.0 Å². The maximum Gasteiger partial charge on any atom is 0.269 e. The normalized spacial score (nSPS) is 16.3. The van der Waals surface area contributed by atoms with Crippen LogP contribution >= 0.6 is 22.7 Å². The number of carbonyl (C=O) groups is 1. The van der Waals surface area contributed by atoms with Crippen LogP contribution in [0.5, 0.6) is 0 Å². The van der Waals surface area contributed by atoms with Crippen LogP contribution in [-0.2, 0) is 16.1 Å². The van der Waals surface area contributed by atoms with Gasteiger partial charge in [-0.2, -0.15) is 16.6 Å². The van der Waals surface area contributed by atoms with E-state index < -0.39 is 5.91 Å². The Labute approximate surface area is 176 Å². The third-order valence-electron chi connectivity index (χ3n) is 4.58. The van der Waals surface area contributed by atoms with E-state index in [2.05, 4.69) is 11.9 Å². The van der Waals surface area contributed by atoms with Crippen LogP contribution in [0.4, 0.5) is 0 Å². The first-order valence-corrected chi connectivity index (χ1v) is 11.1. The molecule has 2 aromatic rings. The number of rotatable bonds is 7. The van der Waals surface area contributed by atoms with Crippen LogP contribution in [0.15, 0.2) is 34.3 Å². The summed E-state index contributed by atoms with van der Waals surface area (Å²) in [7, 11) is 0. The van der Waals surface area contributed by atoms with Gasteiger partial charge in [0.1, 0.15) is 23.8 Å². The second-order valence-electron chi connectivity index (χ2n) is 6.53. The van der Waals surface area contributed by atoms with Crippen molar-refractivity contribution >= 4 is 40.2 Å². The van der Waals surface area contributed by atoms with Crippen molar-refractivity contribution < 1.29 is 14.4 Å². The summed E-state index contributed by atoms with van der Waals surface area (Å²) in [5.41, 5.74) is 0.646. The summed E-state index contributed by atoms with van der Waals surface area (Å²) in [4.78, 5) is 26.8. The molecule has 2 aromatic heterocycles. The number of quaternary nitrogens is 1. The van der Waals surface area contributed by atoms with E-state index in [1.165, 1.54) is 20.8 Å². The van der Waals surface area contributed by atoms with Crippen LogP contribution in [0.3, 0.4) is 0 Å². The van der Waals surface area contributed by atoms with E-state index in [1.807, 2.05) is 22.9 Å². The van der Waals surface area contributed by atoms with Crippen molar-refractivity contribution in [2.75, 3.05) is 39.4 Å². The molecule has 29 heavy (non-hydrogen) atoms. The van der Waals surface area contributed by atoms with Crippen LogP contribution in [0.2, 0.25) is 0 Å². The molecule has 0 aromatic carbocycles. The average molecular weight is 432 g/mol. The number of hydrogen-bond acceptors (Lipinski definition) is 6. The molecule has 0 spiro atoms. The molecule has 3 heterocycles. The fourth-order valence-corrected chi connectivity index (χ4v) is 4.78. The van der Waals surface area contributed by atoms with Gasteiger partial charge in [0.05, 0.1) is 30.8 Å². The van der Waals surface area contributed by atoms with Crippen molar-refractivity contribution in [3.05, 3.63) is 54.6 Å². The van der Waals surface area contributed by atoms with Gasteiger partial charge >= 0.3 is 0 Å². The zero-order valence-corrected chi connectivity index (χ0v) is 17.6. The standard InChI is InChI=1S/C20H22N4O3S2/c1-2-5-24-19(26)17(12-15-3-11-28-14-15)29-20(24)16(13-21)18(25)22-4-6-23-7-9-27-10-8-23/h2-3,11-12,14H,1,4-10H2,(H,22,25)/p+1/b17-12?,20-16+. The molecule has 2 N–H and O–H groups in total. The van der Waals surface area contributed by atoms with Gasteiger partial charge in [-0.15, -0.1) is 17.9 Å². The number of nitriles is 1. The summed E-state index contributed by atoms with van der Waals surface area (Å²) in [5, 5.41) is 16.3. The fraction of sp³-hybridized carbons (Fsp3) is 0.350. The highest BCUT2D eigenvalue weighted by molar-refractivity contribution is 7.08. The van der Waals surface area contributed by atoms with E-state index in [0.717, 1.165) is 49.7 Å². The van der Waals surface area contributed by atoms with Crippen molar-refractivity contribution in [1.29, 1.82) is 5.26 Å². The summed E-state index contributed by atoms with van der Waals surface area (Å²) in [5.74, 6) is -0.457. The molecular formula is C20H23N4O3S2+. The number of ether oxygens (including phenoxy) is 1. The predicted octanol–water partition coefficient (Wildman–Crippen LogP) is -1.31. The van der Waals surface area contributed by atoms with Crippen LogP contribution in [0, 0.1) is 11.3 Å². The third kappa shape index (κ3) is 5.31. The van der Waals surface area contributed by atoms with Crippen molar-refractivity contribution in [3.8, 4) is 6.07 Å². The highest BCUT2D eigenvalue weighted by Gasteiger charge is 2.17. The molecule has 0 atom stereocenters. The van der Waals surface area contributed by atoms with Crippen LogP contribution in [0.1, 0.15) is 5.56 Å². The lowest BCUT2D eigenvalue weighted by Gasteiger charge is -2.23. The molecule has 0 bridgehead atoms. The maximum atomic E-state index is 12.8. The van der Waals surface area contributed by atoms with Crippen LogP contribution in [0.25, 0.3) is 11.6 Å². The summed E-state index contributed by atoms with van der Waals surface area (Å²) in [6.07, 6.45) is 3.36. The molecule has 0 radical (unpaired) electrons. The van der Waals surface area contributed by atoms with Gasteiger partial charge in [0, 0.05) is 6.54 Å². The number of nitrogens with zero attached hydrogens (tertiary/aromatic N) is 2. The Bertz CT molecular complexity index is 1070. The van der Waals surface area contributed by atoms with Gasteiger partial charge in [0.25, 0.3) is 11.5 Å². The van der Waals surface area contributed by atoms with Crippen molar-refractivity contribution in [2.24, 2.45) is 0 Å². The zero-order chi connectivity index (χ0) is 20.6. The number of carbonyl (C=O) groups excluding carboxylic acids is 1. The largest absolute Gasteiger partial charge is 0.370 e. The molecule has 1 saturated heterocycles. The summed E-state index contributed by atoms with van der Waals surface area (Å²) in [6, 6.07) is 3.90. The minimum atomic E-state index is -0.457. The first kappa shape index (κ1) is 21.2. The quantitative estimate of drug-likeness (QED) is 0.533. The van der Waals surface area contributed by atoms with Gasteiger partial charge < -0.3 is 15.0 Å². The predicted molar refractivity (Wildman–Crippen MR) is 114 cm³/mol. The molecule has 7 nitrogen and oxygen atoms in total. The Kier molecular flexibility index (Phi) is 7.55. The first-order valence-electron chi connectivity index (χ1n) is 9.32. The molecule has 9 heteroatoms. The molecule has 1 aliphatic heterocycles. The van der Waals surface area contributed by atoms with E-state index in [9.17, 15) is 14.9 Å². The molecular weight excluding hydrogens is 408 g/mol. The molecule has 1 aliphatic rings. The number of aromatic nitrogens is 1. The van der Waals surface area contributed by atoms with Gasteiger partial charge in [-0.1, -0.05) is 6.08 Å². The second kappa shape index (κ2) is 10.3. The molecule has 1 amide bonds. The van der Waals surface area contributed by atoms with Crippen molar-refractivity contribution in [3.63, 3.8) is 0 Å². The van der Waals surface area contributed by atoms with Gasteiger partial charge in [0.2, 0.25) is 0 Å². The van der Waals surface area contributed by atoms with Gasteiger partial charge in [-0.05, 0) is 28.5 Å². The van der Waals surface area contributed by atoms with Crippen LogP contribution in [-0.4, -0.2) is 49.9 Å². The molecule has 1 fully saturated rings. The van der Waals surface area contributed by atoms with E-state index in [4.69, 9.17) is 4.74 Å². The topological polar surface area (TPSA) is 88.6 Å². The average Bonchev–Trinajstić information content (AvgIpc) is 3.34.